The number of hydrogen-bond acceptors (Lipinski definition) is 4. The topological polar surface area (TPSA) is 23.5 Å². The lowest BCUT2D eigenvalue weighted by Gasteiger charge is -2.35. The number of piperidine rings is 1. The average molecular weight is 456 g/mol. The van der Waals surface area contributed by atoms with Crippen LogP contribution in [0.1, 0.15) is 49.7 Å². The SMILES string of the molecule is CSc1ccc2c(c1)C(=C1CCN(CC3CCC(O)CC3)CC1)c1ccc(F)cc1S2. The highest BCUT2D eigenvalue weighted by Gasteiger charge is 2.28. The van der Waals surface area contributed by atoms with Crippen LogP contribution in [0.4, 0.5) is 4.39 Å². The summed E-state index contributed by atoms with van der Waals surface area (Å²) in [7, 11) is 0. The predicted molar refractivity (Wildman–Crippen MR) is 128 cm³/mol. The summed E-state index contributed by atoms with van der Waals surface area (Å²) in [5, 5.41) is 9.78. The van der Waals surface area contributed by atoms with Gasteiger partial charge in [-0.3, -0.25) is 0 Å². The Morgan fingerprint density at radius 1 is 1.00 bits per heavy atom. The maximum absolute atomic E-state index is 14.0. The Labute approximate surface area is 193 Å². The molecule has 2 aromatic carbocycles. The van der Waals surface area contributed by atoms with E-state index >= 15 is 0 Å². The second-order valence-corrected chi connectivity index (χ2v) is 11.0. The third-order valence-corrected chi connectivity index (χ3v) is 8.89. The van der Waals surface area contributed by atoms with E-state index in [9.17, 15) is 9.50 Å². The van der Waals surface area contributed by atoms with Crippen molar-refractivity contribution in [1.29, 1.82) is 0 Å². The van der Waals surface area contributed by atoms with Gasteiger partial charge in [0.15, 0.2) is 0 Å². The van der Waals surface area contributed by atoms with E-state index in [0.717, 1.165) is 62.4 Å². The minimum Gasteiger partial charge on any atom is -0.393 e. The summed E-state index contributed by atoms with van der Waals surface area (Å²) in [6, 6.07) is 12.0. The monoisotopic (exact) mass is 455 g/mol. The molecule has 2 fully saturated rings. The predicted octanol–water partition coefficient (Wildman–Crippen LogP) is 6.46. The molecule has 1 aliphatic carbocycles. The summed E-state index contributed by atoms with van der Waals surface area (Å²) in [5.41, 5.74) is 5.38. The molecule has 0 radical (unpaired) electrons. The lowest BCUT2D eigenvalue weighted by atomic mass is 9.85. The molecule has 2 aromatic rings. The van der Waals surface area contributed by atoms with Crippen LogP contribution >= 0.6 is 23.5 Å². The van der Waals surface area contributed by atoms with Crippen LogP contribution in [0.25, 0.3) is 5.57 Å². The van der Waals surface area contributed by atoms with Crippen molar-refractivity contribution in [1.82, 2.24) is 4.90 Å². The third kappa shape index (κ3) is 4.61. The highest BCUT2D eigenvalue weighted by Crippen LogP contribution is 2.48. The van der Waals surface area contributed by atoms with Gasteiger partial charge in [-0.15, -0.1) is 11.8 Å². The van der Waals surface area contributed by atoms with Gasteiger partial charge in [0, 0.05) is 34.3 Å². The molecule has 0 bridgehead atoms. The van der Waals surface area contributed by atoms with Crippen LogP contribution < -0.4 is 0 Å². The largest absolute Gasteiger partial charge is 0.393 e. The van der Waals surface area contributed by atoms with E-state index in [2.05, 4.69) is 29.4 Å². The first-order chi connectivity index (χ1) is 15.1. The zero-order valence-corrected chi connectivity index (χ0v) is 19.7. The van der Waals surface area contributed by atoms with Crippen molar-refractivity contribution in [3.8, 4) is 0 Å². The minimum atomic E-state index is -0.160. The lowest BCUT2D eigenvalue weighted by Crippen LogP contribution is -2.36. The quantitative estimate of drug-likeness (QED) is 0.458. The van der Waals surface area contributed by atoms with Crippen LogP contribution in [0.3, 0.4) is 0 Å². The number of rotatable bonds is 3. The van der Waals surface area contributed by atoms with Crippen LogP contribution in [0.2, 0.25) is 0 Å². The van der Waals surface area contributed by atoms with Crippen LogP contribution in [-0.2, 0) is 0 Å². The molecule has 0 spiro atoms. The van der Waals surface area contributed by atoms with Gasteiger partial charge < -0.3 is 10.0 Å². The van der Waals surface area contributed by atoms with Crippen molar-refractivity contribution in [2.75, 3.05) is 25.9 Å². The van der Waals surface area contributed by atoms with E-state index in [-0.39, 0.29) is 11.9 Å². The highest BCUT2D eigenvalue weighted by molar-refractivity contribution is 7.99. The molecule has 0 aromatic heterocycles. The van der Waals surface area contributed by atoms with Crippen LogP contribution in [0.15, 0.2) is 56.7 Å². The molecule has 0 unspecified atom stereocenters. The van der Waals surface area contributed by atoms with Crippen molar-refractivity contribution in [2.45, 2.75) is 59.3 Å². The minimum absolute atomic E-state index is 0.0748. The standard InChI is InChI=1S/C26H30FNOS2/c1-30-21-7-9-24-23(15-21)26(22-8-4-19(27)14-25(22)31-24)18-10-12-28(13-11-18)16-17-2-5-20(29)6-3-17/h4,7-9,14-15,17,20,29H,2-3,5-6,10-13,16H2,1H3. The Kier molecular flexibility index (Phi) is 6.47. The van der Waals surface area contributed by atoms with Gasteiger partial charge in [-0.1, -0.05) is 23.4 Å². The van der Waals surface area contributed by atoms with Gasteiger partial charge in [0.2, 0.25) is 0 Å². The molecule has 31 heavy (non-hydrogen) atoms. The van der Waals surface area contributed by atoms with Crippen molar-refractivity contribution in [2.24, 2.45) is 5.92 Å². The zero-order chi connectivity index (χ0) is 21.4. The summed E-state index contributed by atoms with van der Waals surface area (Å²) in [4.78, 5) is 6.17. The molecular formula is C26H30FNOS2. The van der Waals surface area contributed by atoms with Crippen molar-refractivity contribution in [3.63, 3.8) is 0 Å². The number of nitrogens with zero attached hydrogens (tertiary/aromatic N) is 1. The molecule has 5 heteroatoms. The van der Waals surface area contributed by atoms with Crippen molar-refractivity contribution < 1.29 is 9.50 Å². The van der Waals surface area contributed by atoms with E-state index < -0.39 is 0 Å². The summed E-state index contributed by atoms with van der Waals surface area (Å²) in [6.07, 6.45) is 8.45. The van der Waals surface area contributed by atoms with Gasteiger partial charge in [-0.05, 0) is 97.7 Å². The van der Waals surface area contributed by atoms with Gasteiger partial charge in [-0.25, -0.2) is 4.39 Å². The van der Waals surface area contributed by atoms with Gasteiger partial charge in [0.25, 0.3) is 0 Å². The van der Waals surface area contributed by atoms with Crippen LogP contribution in [0.5, 0.6) is 0 Å². The molecule has 2 nitrogen and oxygen atoms in total. The number of thioether (sulfide) groups is 1. The fourth-order valence-electron chi connectivity index (χ4n) is 5.30. The van der Waals surface area contributed by atoms with Crippen molar-refractivity contribution >= 4 is 29.1 Å². The highest BCUT2D eigenvalue weighted by atomic mass is 32.2. The summed E-state index contributed by atoms with van der Waals surface area (Å²) in [5.74, 6) is 0.574. The fraction of sp³-hybridized carbons (Fsp3) is 0.462. The summed E-state index contributed by atoms with van der Waals surface area (Å²) >= 11 is 3.47. The summed E-state index contributed by atoms with van der Waals surface area (Å²) in [6.45, 7) is 3.36. The molecule has 2 aliphatic heterocycles. The smallest absolute Gasteiger partial charge is 0.124 e. The molecule has 1 saturated heterocycles. The van der Waals surface area contributed by atoms with Crippen LogP contribution in [0, 0.1) is 11.7 Å². The Morgan fingerprint density at radius 3 is 2.52 bits per heavy atom. The maximum atomic E-state index is 14.0. The number of aliphatic hydroxyl groups excluding tert-OH is 1. The first-order valence-corrected chi connectivity index (χ1v) is 13.4. The summed E-state index contributed by atoms with van der Waals surface area (Å²) < 4.78 is 14.0. The maximum Gasteiger partial charge on any atom is 0.124 e. The molecule has 0 amide bonds. The molecule has 3 aliphatic rings. The zero-order valence-electron chi connectivity index (χ0n) is 18.1. The molecule has 164 valence electrons. The molecule has 1 N–H and O–H groups in total. The number of halogens is 1. The van der Waals surface area contributed by atoms with E-state index in [1.165, 1.54) is 38.6 Å². The van der Waals surface area contributed by atoms with Crippen LogP contribution in [-0.4, -0.2) is 42.0 Å². The Morgan fingerprint density at radius 2 is 1.77 bits per heavy atom. The second kappa shape index (κ2) is 9.30. The first kappa shape index (κ1) is 21.6. The van der Waals surface area contributed by atoms with E-state index in [4.69, 9.17) is 0 Å². The third-order valence-electron chi connectivity index (χ3n) is 7.03. The van der Waals surface area contributed by atoms with Crippen molar-refractivity contribution in [3.05, 3.63) is 58.9 Å². The molecule has 0 atom stereocenters. The van der Waals surface area contributed by atoms with E-state index in [1.54, 1.807) is 35.7 Å². The second-order valence-electron chi connectivity index (χ2n) is 9.06. The van der Waals surface area contributed by atoms with Gasteiger partial charge >= 0.3 is 0 Å². The Hall–Kier alpha value is -1.27. The molecule has 2 heterocycles. The number of hydrogen-bond donors (Lipinski definition) is 1. The Bertz CT molecular complexity index is 987. The molecule has 1 saturated carbocycles. The number of benzene rings is 2. The van der Waals surface area contributed by atoms with Gasteiger partial charge in [-0.2, -0.15) is 0 Å². The van der Waals surface area contributed by atoms with E-state index in [1.807, 2.05) is 6.07 Å². The van der Waals surface area contributed by atoms with Gasteiger partial charge in [0.1, 0.15) is 5.82 Å². The van der Waals surface area contributed by atoms with Gasteiger partial charge in [0.05, 0.1) is 6.10 Å². The average Bonchev–Trinajstić information content (AvgIpc) is 2.79. The van der Waals surface area contributed by atoms with E-state index in [0.29, 0.717) is 0 Å². The number of likely N-dealkylation sites (tertiary alicyclic amines) is 1. The molecule has 5 rings (SSSR count). The lowest BCUT2D eigenvalue weighted by molar-refractivity contribution is 0.0923. The number of fused-ring (bicyclic) bond motifs is 2. The Balaban J connectivity index is 1.41. The fourth-order valence-corrected chi connectivity index (χ4v) is 6.84. The molecular weight excluding hydrogens is 425 g/mol. The normalized spacial score (nSPS) is 24.1. The first-order valence-electron chi connectivity index (χ1n) is 11.4. The number of aliphatic hydroxyl groups is 1.